The van der Waals surface area contributed by atoms with Gasteiger partial charge in [0.2, 0.25) is 19.7 Å². The van der Waals surface area contributed by atoms with Crippen LogP contribution >= 0.6 is 0 Å². The molecule has 27 heavy (non-hydrogen) atoms. The lowest BCUT2D eigenvalue weighted by molar-refractivity contribution is 0.420. The topological polar surface area (TPSA) is 68.3 Å². The quantitative estimate of drug-likeness (QED) is 0.774. The zero-order chi connectivity index (χ0) is 19.1. The third-order valence-corrected chi connectivity index (χ3v) is 9.34. The zero-order valence-electron chi connectivity index (χ0n) is 14.7. The first-order valence-electron chi connectivity index (χ1n) is 8.91. The molecule has 0 aromatic heterocycles. The van der Waals surface area contributed by atoms with E-state index in [4.69, 9.17) is 0 Å². The Balaban J connectivity index is 1.65. The molecule has 2 unspecified atom stereocenters. The van der Waals surface area contributed by atoms with Crippen LogP contribution in [0, 0.1) is 11.8 Å². The molecule has 4 rings (SSSR count). The van der Waals surface area contributed by atoms with Gasteiger partial charge in [0.15, 0.2) is 0 Å². The summed E-state index contributed by atoms with van der Waals surface area (Å²) >= 11 is 0. The average Bonchev–Trinajstić information content (AvgIpc) is 2.69. The summed E-state index contributed by atoms with van der Waals surface area (Å²) < 4.78 is 51.9. The molecule has 2 aromatic carbocycles. The summed E-state index contributed by atoms with van der Waals surface area (Å²) in [4.78, 5) is 1.44. The summed E-state index contributed by atoms with van der Waals surface area (Å²) in [5, 5.41) is 0. The molecule has 0 fully saturated rings. The highest BCUT2D eigenvalue weighted by Crippen LogP contribution is 2.45. The Morgan fingerprint density at radius 1 is 0.593 bits per heavy atom. The van der Waals surface area contributed by atoms with Crippen LogP contribution in [0.15, 0.2) is 92.4 Å². The molecular weight excluding hydrogens is 380 g/mol. The van der Waals surface area contributed by atoms with E-state index in [0.29, 0.717) is 38.9 Å². The van der Waals surface area contributed by atoms with E-state index in [9.17, 15) is 16.8 Å². The number of allylic oxidation sites excluding steroid dienone is 4. The van der Waals surface area contributed by atoms with Gasteiger partial charge in [0.1, 0.15) is 0 Å². The van der Waals surface area contributed by atoms with E-state index < -0.39 is 19.7 Å². The Hall–Kier alpha value is -2.18. The lowest BCUT2D eigenvalue weighted by Crippen LogP contribution is -2.28. The molecule has 140 valence electrons. The van der Waals surface area contributed by atoms with E-state index in [1.54, 1.807) is 72.8 Å². The Bertz CT molecular complexity index is 1020. The molecule has 4 nitrogen and oxygen atoms in total. The number of sulfone groups is 2. The molecule has 2 aromatic rings. The summed E-state index contributed by atoms with van der Waals surface area (Å²) in [6, 6.07) is 16.8. The Labute approximate surface area is 160 Å². The number of benzene rings is 2. The molecule has 0 aliphatic heterocycles. The first-order valence-corrected chi connectivity index (χ1v) is 11.9. The molecule has 2 aliphatic carbocycles. The van der Waals surface area contributed by atoms with Crippen molar-refractivity contribution in [3.8, 4) is 0 Å². The van der Waals surface area contributed by atoms with Crippen LogP contribution in [0.3, 0.4) is 0 Å². The minimum atomic E-state index is -3.54. The lowest BCUT2D eigenvalue weighted by Gasteiger charge is -2.34. The maximum Gasteiger partial charge on any atom is 0.202 e. The van der Waals surface area contributed by atoms with Gasteiger partial charge in [0, 0.05) is 9.81 Å². The van der Waals surface area contributed by atoms with Crippen LogP contribution in [-0.2, 0) is 19.7 Å². The standard InChI is InChI=1S/C21H20O4S2/c22-26(23,18-7-3-1-4-8-18)20-13-11-17-15-16(20)12-14-21(17)27(24,25)19-9-5-2-6-10-19/h1-10,13-14,16-17H,11-12,15H2. The van der Waals surface area contributed by atoms with Gasteiger partial charge in [-0.2, -0.15) is 0 Å². The van der Waals surface area contributed by atoms with Crippen molar-refractivity contribution in [1.82, 2.24) is 0 Å². The fourth-order valence-corrected chi connectivity index (χ4v) is 7.45. The van der Waals surface area contributed by atoms with Crippen molar-refractivity contribution in [2.45, 2.75) is 29.1 Å². The summed E-state index contributed by atoms with van der Waals surface area (Å²) in [5.41, 5.74) is 0. The molecular formula is C21H20O4S2. The Morgan fingerprint density at radius 2 is 0.963 bits per heavy atom. The molecule has 2 atom stereocenters. The fraction of sp³-hybridized carbons (Fsp3) is 0.238. The third kappa shape index (κ3) is 3.17. The summed E-state index contributed by atoms with van der Waals surface area (Å²) in [6.45, 7) is 0. The van der Waals surface area contributed by atoms with Gasteiger partial charge in [-0.15, -0.1) is 0 Å². The van der Waals surface area contributed by atoms with E-state index in [1.807, 2.05) is 0 Å². The maximum absolute atomic E-state index is 13.0. The van der Waals surface area contributed by atoms with Crippen LogP contribution in [0.5, 0.6) is 0 Å². The number of fused-ring (bicyclic) bond motifs is 2. The molecule has 0 amide bonds. The van der Waals surface area contributed by atoms with Gasteiger partial charge in [-0.1, -0.05) is 48.6 Å². The van der Waals surface area contributed by atoms with Crippen molar-refractivity contribution in [3.63, 3.8) is 0 Å². The molecule has 0 heterocycles. The van der Waals surface area contributed by atoms with Crippen molar-refractivity contribution in [2.75, 3.05) is 0 Å². The monoisotopic (exact) mass is 400 g/mol. The Morgan fingerprint density at radius 3 is 1.33 bits per heavy atom. The van der Waals surface area contributed by atoms with E-state index >= 15 is 0 Å². The van der Waals surface area contributed by atoms with E-state index in [-0.39, 0.29) is 11.8 Å². The first-order chi connectivity index (χ1) is 12.9. The van der Waals surface area contributed by atoms with Gasteiger partial charge in [-0.3, -0.25) is 0 Å². The summed E-state index contributed by atoms with van der Waals surface area (Å²) in [6.07, 6.45) is 4.87. The van der Waals surface area contributed by atoms with Gasteiger partial charge >= 0.3 is 0 Å². The van der Waals surface area contributed by atoms with Crippen molar-refractivity contribution in [3.05, 3.63) is 82.6 Å². The van der Waals surface area contributed by atoms with Crippen LogP contribution < -0.4 is 0 Å². The van der Waals surface area contributed by atoms with Crippen molar-refractivity contribution < 1.29 is 16.8 Å². The van der Waals surface area contributed by atoms with Crippen molar-refractivity contribution in [1.29, 1.82) is 0 Å². The summed E-state index contributed by atoms with van der Waals surface area (Å²) in [5.74, 6) is -0.327. The normalized spacial score (nSPS) is 22.7. The molecule has 0 radical (unpaired) electrons. The molecule has 0 spiro atoms. The van der Waals surface area contributed by atoms with Crippen LogP contribution in [0.25, 0.3) is 0 Å². The molecule has 0 saturated carbocycles. The predicted octanol–water partition coefficient (Wildman–Crippen LogP) is 4.13. The van der Waals surface area contributed by atoms with Crippen LogP contribution in [0.1, 0.15) is 19.3 Å². The molecule has 2 aliphatic rings. The average molecular weight is 401 g/mol. The minimum absolute atomic E-state index is 0.163. The second-order valence-electron chi connectivity index (χ2n) is 6.95. The molecule has 6 heteroatoms. The highest BCUT2D eigenvalue weighted by atomic mass is 32.2. The second kappa shape index (κ2) is 6.77. The Kier molecular flexibility index (Phi) is 4.56. The lowest BCUT2D eigenvalue weighted by atomic mass is 9.80. The number of hydrogen-bond acceptors (Lipinski definition) is 4. The SMILES string of the molecule is O=S(=O)(C1=CCC2CC1CC=C2S(=O)(=O)c1ccccc1)c1ccccc1. The van der Waals surface area contributed by atoms with E-state index in [0.717, 1.165) is 0 Å². The van der Waals surface area contributed by atoms with Crippen molar-refractivity contribution in [2.24, 2.45) is 11.8 Å². The largest absolute Gasteiger partial charge is 0.219 e. The fourth-order valence-electron chi connectivity index (χ4n) is 3.98. The minimum Gasteiger partial charge on any atom is -0.219 e. The van der Waals surface area contributed by atoms with Crippen LogP contribution in [-0.4, -0.2) is 16.8 Å². The first kappa shape index (κ1) is 18.2. The number of hydrogen-bond donors (Lipinski definition) is 0. The third-order valence-electron chi connectivity index (χ3n) is 5.31. The van der Waals surface area contributed by atoms with Gasteiger partial charge in [-0.05, 0) is 55.4 Å². The highest BCUT2D eigenvalue weighted by Gasteiger charge is 2.39. The highest BCUT2D eigenvalue weighted by molar-refractivity contribution is 7.95. The van der Waals surface area contributed by atoms with Crippen molar-refractivity contribution >= 4 is 19.7 Å². The predicted molar refractivity (Wildman–Crippen MR) is 104 cm³/mol. The van der Waals surface area contributed by atoms with E-state index in [1.165, 1.54) is 0 Å². The van der Waals surface area contributed by atoms with Gasteiger partial charge in [0.05, 0.1) is 9.79 Å². The summed E-state index contributed by atoms with van der Waals surface area (Å²) in [7, 11) is -7.07. The molecule has 0 N–H and O–H groups in total. The molecule has 2 bridgehead atoms. The van der Waals surface area contributed by atoms with E-state index in [2.05, 4.69) is 0 Å². The molecule has 0 saturated heterocycles. The van der Waals surface area contributed by atoms with Crippen LogP contribution in [0.2, 0.25) is 0 Å². The number of rotatable bonds is 4. The smallest absolute Gasteiger partial charge is 0.202 e. The van der Waals surface area contributed by atoms with Gasteiger partial charge in [0.25, 0.3) is 0 Å². The second-order valence-corrected chi connectivity index (χ2v) is 10.8. The van der Waals surface area contributed by atoms with Gasteiger partial charge < -0.3 is 0 Å². The van der Waals surface area contributed by atoms with Gasteiger partial charge in [-0.25, -0.2) is 16.8 Å². The van der Waals surface area contributed by atoms with Crippen LogP contribution in [0.4, 0.5) is 0 Å². The maximum atomic E-state index is 13.0. The zero-order valence-corrected chi connectivity index (χ0v) is 16.3.